The van der Waals surface area contributed by atoms with Gasteiger partial charge in [0.1, 0.15) is 11.9 Å². The Morgan fingerprint density at radius 2 is 0.957 bits per heavy atom. The molecule has 0 aromatic heterocycles. The van der Waals surface area contributed by atoms with E-state index >= 15 is 0 Å². The standard InChI is InChI=1S/C44H64O3/c1-4-6-8-10-12-14-15-16-17-19-21-27-44(45)47-37(3)38-28-30-39(31-29-38)42-25-22-23-26-43(42)40-32-34-41(35-33-40)46-36-24-20-18-13-11-9-7-5-2/h22-23,25-26,28-35,37H,4-21,24,27,36H2,1-3H3. The minimum Gasteiger partial charge on any atom is -0.494 e. The van der Waals surface area contributed by atoms with Gasteiger partial charge in [0.15, 0.2) is 0 Å². The summed E-state index contributed by atoms with van der Waals surface area (Å²) in [6.45, 7) is 7.29. The predicted molar refractivity (Wildman–Crippen MR) is 201 cm³/mol. The maximum Gasteiger partial charge on any atom is 0.306 e. The highest BCUT2D eigenvalue weighted by molar-refractivity contribution is 5.83. The van der Waals surface area contributed by atoms with Crippen LogP contribution in [0.15, 0.2) is 72.8 Å². The van der Waals surface area contributed by atoms with E-state index in [2.05, 4.69) is 86.6 Å². The number of carbonyl (C=O) groups is 1. The van der Waals surface area contributed by atoms with Crippen molar-refractivity contribution in [1.82, 2.24) is 0 Å². The van der Waals surface area contributed by atoms with E-state index in [-0.39, 0.29) is 12.1 Å². The van der Waals surface area contributed by atoms with Crippen LogP contribution in [0, 0.1) is 0 Å². The lowest BCUT2D eigenvalue weighted by molar-refractivity contribution is -0.148. The normalized spacial score (nSPS) is 11.8. The van der Waals surface area contributed by atoms with Crippen molar-refractivity contribution in [2.45, 2.75) is 155 Å². The summed E-state index contributed by atoms with van der Waals surface area (Å²) in [6, 6.07) is 25.5. The molecule has 0 aliphatic heterocycles. The second-order valence-electron chi connectivity index (χ2n) is 13.4. The molecule has 0 spiro atoms. The molecule has 0 radical (unpaired) electrons. The molecule has 0 bridgehead atoms. The average molecular weight is 641 g/mol. The van der Waals surface area contributed by atoms with Crippen LogP contribution >= 0.6 is 0 Å². The zero-order valence-electron chi connectivity index (χ0n) is 30.1. The molecule has 3 aromatic rings. The Balaban J connectivity index is 1.39. The second-order valence-corrected chi connectivity index (χ2v) is 13.4. The first kappa shape index (κ1) is 38.4. The molecule has 3 aromatic carbocycles. The molecule has 1 atom stereocenters. The molecule has 0 aliphatic rings. The Bertz CT molecular complexity index is 1210. The van der Waals surface area contributed by atoms with E-state index in [9.17, 15) is 4.79 Å². The van der Waals surface area contributed by atoms with Crippen LogP contribution in [0.5, 0.6) is 5.75 Å². The first-order valence-electron chi connectivity index (χ1n) is 19.2. The minimum absolute atomic E-state index is 0.0897. The Hall–Kier alpha value is -3.07. The van der Waals surface area contributed by atoms with E-state index in [4.69, 9.17) is 9.47 Å². The molecule has 1 unspecified atom stereocenters. The van der Waals surface area contributed by atoms with Gasteiger partial charge >= 0.3 is 5.97 Å². The van der Waals surface area contributed by atoms with E-state index in [1.54, 1.807) is 0 Å². The van der Waals surface area contributed by atoms with E-state index < -0.39 is 0 Å². The molecule has 0 saturated carbocycles. The van der Waals surface area contributed by atoms with Gasteiger partial charge in [-0.1, -0.05) is 184 Å². The van der Waals surface area contributed by atoms with Gasteiger partial charge in [0.25, 0.3) is 0 Å². The van der Waals surface area contributed by atoms with Gasteiger partial charge in [-0.05, 0) is 59.7 Å². The van der Waals surface area contributed by atoms with Gasteiger partial charge in [-0.3, -0.25) is 4.79 Å². The Morgan fingerprint density at radius 3 is 1.45 bits per heavy atom. The SMILES string of the molecule is CCCCCCCCCCCCCC(=O)OC(C)c1ccc(-c2ccccc2-c2ccc(OCCCCCCCCCC)cc2)cc1. The van der Waals surface area contributed by atoms with Crippen molar-refractivity contribution in [1.29, 1.82) is 0 Å². The monoisotopic (exact) mass is 640 g/mol. The highest BCUT2D eigenvalue weighted by Gasteiger charge is 2.13. The summed E-state index contributed by atoms with van der Waals surface area (Å²) in [5.41, 5.74) is 5.73. The number of rotatable bonds is 26. The van der Waals surface area contributed by atoms with Crippen molar-refractivity contribution in [2.75, 3.05) is 6.61 Å². The summed E-state index contributed by atoms with van der Waals surface area (Å²) in [7, 11) is 0. The number of hydrogen-bond acceptors (Lipinski definition) is 3. The largest absolute Gasteiger partial charge is 0.494 e. The molecule has 0 N–H and O–H groups in total. The molecule has 258 valence electrons. The summed E-state index contributed by atoms with van der Waals surface area (Å²) in [4.78, 5) is 12.5. The molecule has 0 aliphatic carbocycles. The number of carbonyl (C=O) groups excluding carboxylic acids is 1. The zero-order chi connectivity index (χ0) is 33.4. The van der Waals surface area contributed by atoms with Crippen LogP contribution in [-0.4, -0.2) is 12.6 Å². The summed E-state index contributed by atoms with van der Waals surface area (Å²) in [5, 5.41) is 0. The lowest BCUT2D eigenvalue weighted by Gasteiger charge is -2.15. The molecule has 0 saturated heterocycles. The number of hydrogen-bond donors (Lipinski definition) is 0. The Kier molecular flexibility index (Phi) is 19.7. The Morgan fingerprint density at radius 1 is 0.532 bits per heavy atom. The third-order valence-electron chi connectivity index (χ3n) is 9.34. The Labute approximate surface area is 287 Å². The average Bonchev–Trinajstić information content (AvgIpc) is 3.10. The summed E-state index contributed by atoms with van der Waals surface area (Å²) in [6.07, 6.45) is 24.8. The van der Waals surface area contributed by atoms with Gasteiger partial charge < -0.3 is 9.47 Å². The first-order valence-corrected chi connectivity index (χ1v) is 19.2. The van der Waals surface area contributed by atoms with Gasteiger partial charge in [-0.15, -0.1) is 0 Å². The van der Waals surface area contributed by atoms with Crippen LogP contribution in [0.4, 0.5) is 0 Å². The predicted octanol–water partition coefficient (Wildman–Crippen LogP) is 13.8. The van der Waals surface area contributed by atoms with E-state index in [0.29, 0.717) is 6.42 Å². The number of esters is 1. The maximum absolute atomic E-state index is 12.5. The molecular formula is C44H64O3. The van der Waals surface area contributed by atoms with Gasteiger partial charge in [-0.2, -0.15) is 0 Å². The summed E-state index contributed by atoms with van der Waals surface area (Å²) < 4.78 is 11.8. The van der Waals surface area contributed by atoms with Crippen LogP contribution in [0.3, 0.4) is 0 Å². The fourth-order valence-corrected chi connectivity index (χ4v) is 6.33. The van der Waals surface area contributed by atoms with Gasteiger partial charge in [-0.25, -0.2) is 0 Å². The lowest BCUT2D eigenvalue weighted by atomic mass is 9.93. The van der Waals surface area contributed by atoms with E-state index in [1.165, 1.54) is 119 Å². The molecule has 0 heterocycles. The van der Waals surface area contributed by atoms with Crippen LogP contribution in [-0.2, 0) is 9.53 Å². The fourth-order valence-electron chi connectivity index (χ4n) is 6.33. The smallest absolute Gasteiger partial charge is 0.306 e. The highest BCUT2D eigenvalue weighted by Crippen LogP contribution is 2.34. The molecular weight excluding hydrogens is 576 g/mol. The van der Waals surface area contributed by atoms with Crippen molar-refractivity contribution in [3.8, 4) is 28.0 Å². The maximum atomic E-state index is 12.5. The molecule has 0 amide bonds. The van der Waals surface area contributed by atoms with Crippen LogP contribution in [0.1, 0.15) is 161 Å². The van der Waals surface area contributed by atoms with Gasteiger partial charge in [0.2, 0.25) is 0 Å². The van der Waals surface area contributed by atoms with Crippen molar-refractivity contribution < 1.29 is 14.3 Å². The molecule has 47 heavy (non-hydrogen) atoms. The van der Waals surface area contributed by atoms with Crippen LogP contribution in [0.2, 0.25) is 0 Å². The third kappa shape index (κ3) is 15.6. The lowest BCUT2D eigenvalue weighted by Crippen LogP contribution is -2.08. The number of unbranched alkanes of at least 4 members (excludes halogenated alkanes) is 17. The fraction of sp³-hybridized carbons (Fsp3) is 0.568. The van der Waals surface area contributed by atoms with E-state index in [0.717, 1.165) is 42.7 Å². The third-order valence-corrected chi connectivity index (χ3v) is 9.34. The van der Waals surface area contributed by atoms with Crippen LogP contribution in [0.25, 0.3) is 22.3 Å². The van der Waals surface area contributed by atoms with Gasteiger partial charge in [0, 0.05) is 6.42 Å². The van der Waals surface area contributed by atoms with Gasteiger partial charge in [0.05, 0.1) is 6.61 Å². The molecule has 0 fully saturated rings. The summed E-state index contributed by atoms with van der Waals surface area (Å²) >= 11 is 0. The molecule has 3 rings (SSSR count). The minimum atomic E-state index is -0.252. The van der Waals surface area contributed by atoms with Crippen molar-refractivity contribution in [3.05, 3.63) is 78.4 Å². The van der Waals surface area contributed by atoms with Crippen molar-refractivity contribution in [3.63, 3.8) is 0 Å². The topological polar surface area (TPSA) is 35.5 Å². The number of benzene rings is 3. The van der Waals surface area contributed by atoms with E-state index in [1.807, 2.05) is 6.92 Å². The van der Waals surface area contributed by atoms with Crippen molar-refractivity contribution >= 4 is 5.97 Å². The molecule has 3 heteroatoms. The van der Waals surface area contributed by atoms with Crippen LogP contribution < -0.4 is 4.74 Å². The number of ether oxygens (including phenoxy) is 2. The highest BCUT2D eigenvalue weighted by atomic mass is 16.5. The molecule has 3 nitrogen and oxygen atoms in total. The first-order chi connectivity index (χ1) is 23.1. The summed E-state index contributed by atoms with van der Waals surface area (Å²) in [5.74, 6) is 0.846. The quantitative estimate of drug-likeness (QED) is 0.0647. The zero-order valence-corrected chi connectivity index (χ0v) is 30.1. The van der Waals surface area contributed by atoms with Crippen molar-refractivity contribution in [2.24, 2.45) is 0 Å². The second kappa shape index (κ2) is 24.1.